The van der Waals surface area contributed by atoms with Gasteiger partial charge in [-0.05, 0) is 62.1 Å². The van der Waals surface area contributed by atoms with Crippen LogP contribution in [0.3, 0.4) is 0 Å². The van der Waals surface area contributed by atoms with Crippen molar-refractivity contribution in [3.8, 4) is 0 Å². The lowest BCUT2D eigenvalue weighted by Crippen LogP contribution is -2.37. The zero-order valence-electron chi connectivity index (χ0n) is 16.8. The molecule has 0 spiro atoms. The van der Waals surface area contributed by atoms with Gasteiger partial charge in [-0.2, -0.15) is 0 Å². The molecule has 1 atom stereocenters. The van der Waals surface area contributed by atoms with Crippen molar-refractivity contribution in [2.45, 2.75) is 74.8 Å². The van der Waals surface area contributed by atoms with Crippen LogP contribution in [-0.4, -0.2) is 31.2 Å². The average Bonchev–Trinajstić information content (AvgIpc) is 3.24. The first-order valence-electron chi connectivity index (χ1n) is 10.9. The van der Waals surface area contributed by atoms with Gasteiger partial charge >= 0.3 is 0 Å². The second-order valence-electron chi connectivity index (χ2n) is 9.19. The third kappa shape index (κ3) is 3.60. The normalized spacial score (nSPS) is 28.1. The summed E-state index contributed by atoms with van der Waals surface area (Å²) in [5.74, 6) is 2.38. The van der Waals surface area contributed by atoms with Crippen LogP contribution in [0.15, 0.2) is 29.3 Å². The van der Waals surface area contributed by atoms with Crippen LogP contribution in [0.25, 0.3) is 0 Å². The molecule has 1 aromatic carbocycles. The highest BCUT2D eigenvalue weighted by molar-refractivity contribution is 7.85. The predicted octanol–water partition coefficient (Wildman–Crippen LogP) is 4.80. The Labute approximate surface area is 180 Å². The van der Waals surface area contributed by atoms with E-state index in [4.69, 9.17) is 16.6 Å². The highest BCUT2D eigenvalue weighted by atomic mass is 35.5. The molecule has 0 radical (unpaired) electrons. The summed E-state index contributed by atoms with van der Waals surface area (Å²) in [4.78, 5) is 4.89. The van der Waals surface area contributed by atoms with Gasteiger partial charge in [0.25, 0.3) is 0 Å². The number of hydrogen-bond acceptors (Lipinski definition) is 3. The maximum Gasteiger partial charge on any atom is 0.148 e. The number of aliphatic hydroxyl groups excluding tert-OH is 1. The van der Waals surface area contributed by atoms with Gasteiger partial charge in [0.05, 0.1) is 16.5 Å². The molecule has 0 amide bonds. The minimum absolute atomic E-state index is 0.00115. The Morgan fingerprint density at radius 3 is 2.52 bits per heavy atom. The molecule has 2 aliphatic carbocycles. The van der Waals surface area contributed by atoms with Crippen molar-refractivity contribution in [3.63, 3.8) is 0 Å². The van der Waals surface area contributed by atoms with Crippen LogP contribution >= 0.6 is 11.6 Å². The standard InChI is InChI=1S/C23H29ClN2O2S/c24-18-6-2-16(3-7-18)17-4-8-19(9-5-17)26-20-10-13-29(28)22(20)25-21(26)14-23(15-27)11-1-12-23/h2-3,6-7,17,19,27H,1,4-5,8-15H2/t17?,19?,29-/m0/s1. The molecular weight excluding hydrogens is 404 g/mol. The molecule has 0 bridgehead atoms. The van der Waals surface area contributed by atoms with Crippen molar-refractivity contribution in [2.75, 3.05) is 12.4 Å². The Bertz CT molecular complexity index is 906. The molecule has 2 saturated carbocycles. The van der Waals surface area contributed by atoms with Gasteiger partial charge in [-0.25, -0.2) is 4.98 Å². The first-order chi connectivity index (χ1) is 14.1. The van der Waals surface area contributed by atoms with Crippen molar-refractivity contribution in [1.29, 1.82) is 0 Å². The van der Waals surface area contributed by atoms with Gasteiger partial charge in [0.1, 0.15) is 10.9 Å². The summed E-state index contributed by atoms with van der Waals surface area (Å²) >= 11 is 6.05. The molecule has 1 N–H and O–H groups in total. The molecule has 1 aliphatic heterocycles. The summed E-state index contributed by atoms with van der Waals surface area (Å²) in [6, 6.07) is 8.75. The summed E-state index contributed by atoms with van der Waals surface area (Å²) in [5.41, 5.74) is 2.60. The number of imidazole rings is 1. The van der Waals surface area contributed by atoms with E-state index in [0.29, 0.717) is 17.7 Å². The van der Waals surface area contributed by atoms with Gasteiger partial charge < -0.3 is 9.67 Å². The Morgan fingerprint density at radius 1 is 1.17 bits per heavy atom. The molecule has 2 aromatic rings. The fourth-order valence-corrected chi connectivity index (χ4v) is 6.92. The van der Waals surface area contributed by atoms with E-state index in [0.717, 1.165) is 67.2 Å². The molecule has 2 fully saturated rings. The lowest BCUT2D eigenvalue weighted by molar-refractivity contribution is 0.0415. The van der Waals surface area contributed by atoms with Gasteiger partial charge in [0.15, 0.2) is 0 Å². The minimum atomic E-state index is -0.952. The molecule has 4 nitrogen and oxygen atoms in total. The molecule has 2 heterocycles. The van der Waals surface area contributed by atoms with E-state index in [1.807, 2.05) is 12.1 Å². The van der Waals surface area contributed by atoms with Gasteiger partial charge in [-0.3, -0.25) is 4.21 Å². The van der Waals surface area contributed by atoms with Gasteiger partial charge in [-0.15, -0.1) is 0 Å². The van der Waals surface area contributed by atoms with Crippen molar-refractivity contribution in [1.82, 2.24) is 9.55 Å². The summed E-state index contributed by atoms with van der Waals surface area (Å²) in [6.45, 7) is 0.233. The topological polar surface area (TPSA) is 55.1 Å². The first-order valence-corrected chi connectivity index (χ1v) is 12.6. The number of aromatic nitrogens is 2. The quantitative estimate of drug-likeness (QED) is 0.737. The lowest BCUT2D eigenvalue weighted by Gasteiger charge is -2.41. The number of rotatable bonds is 5. The predicted molar refractivity (Wildman–Crippen MR) is 116 cm³/mol. The second-order valence-corrected chi connectivity index (χ2v) is 11.1. The van der Waals surface area contributed by atoms with E-state index in [1.165, 1.54) is 17.7 Å². The summed E-state index contributed by atoms with van der Waals surface area (Å²) < 4.78 is 14.9. The first kappa shape index (κ1) is 19.8. The van der Waals surface area contributed by atoms with Crippen LogP contribution in [0.1, 0.15) is 74.0 Å². The molecule has 29 heavy (non-hydrogen) atoms. The van der Waals surface area contributed by atoms with E-state index in [-0.39, 0.29) is 12.0 Å². The van der Waals surface area contributed by atoms with Crippen molar-refractivity contribution >= 4 is 22.4 Å². The number of hydrogen-bond donors (Lipinski definition) is 1. The number of aliphatic hydroxyl groups is 1. The Hall–Kier alpha value is -1.17. The highest BCUT2D eigenvalue weighted by Crippen LogP contribution is 2.46. The van der Waals surface area contributed by atoms with E-state index < -0.39 is 10.8 Å². The maximum absolute atomic E-state index is 12.5. The van der Waals surface area contributed by atoms with E-state index in [2.05, 4.69) is 16.7 Å². The highest BCUT2D eigenvalue weighted by Gasteiger charge is 2.40. The maximum atomic E-state index is 12.5. The summed E-state index contributed by atoms with van der Waals surface area (Å²) in [6.07, 6.45) is 9.62. The zero-order chi connectivity index (χ0) is 20.0. The molecule has 0 unspecified atom stereocenters. The number of benzene rings is 1. The molecule has 0 saturated heterocycles. The van der Waals surface area contributed by atoms with Crippen molar-refractivity contribution in [3.05, 3.63) is 46.4 Å². The van der Waals surface area contributed by atoms with E-state index >= 15 is 0 Å². The van der Waals surface area contributed by atoms with Crippen LogP contribution in [-0.2, 0) is 23.6 Å². The number of halogens is 1. The van der Waals surface area contributed by atoms with Crippen LogP contribution in [0.2, 0.25) is 5.02 Å². The fourth-order valence-electron chi connectivity index (χ4n) is 5.55. The summed E-state index contributed by atoms with van der Waals surface area (Å²) in [7, 11) is -0.952. The Morgan fingerprint density at radius 2 is 1.90 bits per heavy atom. The largest absolute Gasteiger partial charge is 0.396 e. The van der Waals surface area contributed by atoms with Crippen LogP contribution in [0, 0.1) is 5.41 Å². The van der Waals surface area contributed by atoms with Gasteiger partial charge in [0, 0.05) is 41.7 Å². The molecule has 1 aromatic heterocycles. The average molecular weight is 433 g/mol. The van der Waals surface area contributed by atoms with Crippen LogP contribution in [0.4, 0.5) is 0 Å². The molecule has 3 aliphatic rings. The summed E-state index contributed by atoms with van der Waals surface area (Å²) in [5, 5.41) is 11.6. The van der Waals surface area contributed by atoms with Gasteiger partial charge in [0.2, 0.25) is 0 Å². The Kier molecular flexibility index (Phi) is 5.34. The number of fused-ring (bicyclic) bond motifs is 1. The van der Waals surface area contributed by atoms with E-state index in [1.54, 1.807) is 0 Å². The fraction of sp³-hybridized carbons (Fsp3) is 0.609. The van der Waals surface area contributed by atoms with Crippen LogP contribution in [0.5, 0.6) is 0 Å². The Balaban J connectivity index is 1.38. The SMILES string of the molecule is O=[S@]1CCc2c1nc(CC1(CO)CCC1)n2C1CCC(c2ccc(Cl)cc2)CC1. The zero-order valence-corrected chi connectivity index (χ0v) is 18.4. The lowest BCUT2D eigenvalue weighted by atomic mass is 9.67. The van der Waals surface area contributed by atoms with Crippen LogP contribution < -0.4 is 0 Å². The monoisotopic (exact) mass is 432 g/mol. The molecular formula is C23H29ClN2O2S. The molecule has 5 rings (SSSR count). The number of nitrogens with zero attached hydrogens (tertiary/aromatic N) is 2. The molecule has 6 heteroatoms. The van der Waals surface area contributed by atoms with Crippen molar-refractivity contribution in [2.24, 2.45) is 5.41 Å². The third-order valence-electron chi connectivity index (χ3n) is 7.47. The minimum Gasteiger partial charge on any atom is -0.396 e. The second kappa shape index (κ2) is 7.82. The smallest absolute Gasteiger partial charge is 0.148 e. The third-order valence-corrected chi connectivity index (χ3v) is 9.06. The van der Waals surface area contributed by atoms with Crippen molar-refractivity contribution < 1.29 is 9.32 Å². The molecule has 156 valence electrons. The van der Waals surface area contributed by atoms with Gasteiger partial charge in [-0.1, -0.05) is 30.2 Å². The van der Waals surface area contributed by atoms with E-state index in [9.17, 15) is 9.32 Å².